The number of anilines is 3. The lowest BCUT2D eigenvalue weighted by molar-refractivity contribution is 0.0977. The maximum absolute atomic E-state index is 13.0. The number of para-hydroxylation sites is 1. The SMILES string of the molecule is CCCC(=O)c1[nH]c2c(=O)n(C)cc3c2c1CN(c1ccccc1)c1ccc(N)cc1-3. The third kappa shape index (κ3) is 2.94. The first-order chi connectivity index (χ1) is 15.0. The number of nitrogens with zero attached hydrogens (tertiary/aromatic N) is 2. The fraction of sp³-hybridized carbons (Fsp3) is 0.200. The van der Waals surface area contributed by atoms with Crippen molar-refractivity contribution in [2.75, 3.05) is 10.6 Å². The number of carbonyl (C=O) groups is 1. The molecule has 6 heteroatoms. The van der Waals surface area contributed by atoms with E-state index in [-0.39, 0.29) is 11.3 Å². The number of H-pyrrole nitrogens is 1. The summed E-state index contributed by atoms with van der Waals surface area (Å²) in [6.45, 7) is 2.46. The van der Waals surface area contributed by atoms with Crippen LogP contribution in [0, 0.1) is 0 Å². The zero-order valence-corrected chi connectivity index (χ0v) is 17.6. The molecule has 156 valence electrons. The molecule has 31 heavy (non-hydrogen) atoms. The number of Topliss-reactive ketones (excluding diaryl/α,β-unsaturated/α-hetero) is 1. The highest BCUT2D eigenvalue weighted by Crippen LogP contribution is 2.45. The van der Waals surface area contributed by atoms with Crippen molar-refractivity contribution in [1.82, 2.24) is 9.55 Å². The van der Waals surface area contributed by atoms with Crippen LogP contribution in [0.3, 0.4) is 0 Å². The quantitative estimate of drug-likeness (QED) is 0.374. The molecule has 1 aliphatic heterocycles. The third-order valence-corrected chi connectivity index (χ3v) is 5.97. The number of carbonyl (C=O) groups excluding carboxylic acids is 1. The van der Waals surface area contributed by atoms with E-state index in [1.165, 1.54) is 0 Å². The Kier molecular flexibility index (Phi) is 4.43. The number of hydrogen-bond donors (Lipinski definition) is 2. The highest BCUT2D eigenvalue weighted by molar-refractivity contribution is 6.09. The van der Waals surface area contributed by atoms with E-state index in [2.05, 4.69) is 9.88 Å². The van der Waals surface area contributed by atoms with Crippen LogP contribution < -0.4 is 16.2 Å². The molecule has 0 fully saturated rings. The van der Waals surface area contributed by atoms with Gasteiger partial charge in [0, 0.05) is 58.8 Å². The lowest BCUT2D eigenvalue weighted by Crippen LogP contribution is -2.18. The molecule has 0 spiro atoms. The van der Waals surface area contributed by atoms with Gasteiger partial charge in [-0.3, -0.25) is 9.59 Å². The topological polar surface area (TPSA) is 84.1 Å². The molecule has 0 radical (unpaired) electrons. The largest absolute Gasteiger partial charge is 0.399 e. The first-order valence-corrected chi connectivity index (χ1v) is 10.5. The predicted molar refractivity (Wildman–Crippen MR) is 125 cm³/mol. The molecule has 3 N–H and O–H groups in total. The molecule has 5 rings (SSSR count). The smallest absolute Gasteiger partial charge is 0.274 e. The van der Waals surface area contributed by atoms with Crippen LogP contribution in [-0.2, 0) is 13.6 Å². The van der Waals surface area contributed by atoms with E-state index in [1.54, 1.807) is 11.6 Å². The first kappa shape index (κ1) is 19.2. The molecule has 1 aliphatic rings. The molecule has 0 saturated heterocycles. The number of aromatic nitrogens is 2. The predicted octanol–water partition coefficient (Wildman–Crippen LogP) is 4.75. The van der Waals surface area contributed by atoms with Gasteiger partial charge in [0.25, 0.3) is 5.56 Å². The fourth-order valence-electron chi connectivity index (χ4n) is 4.53. The van der Waals surface area contributed by atoms with Gasteiger partial charge in [-0.05, 0) is 36.8 Å². The van der Waals surface area contributed by atoms with E-state index >= 15 is 0 Å². The summed E-state index contributed by atoms with van der Waals surface area (Å²) in [7, 11) is 1.73. The molecule has 0 atom stereocenters. The number of rotatable bonds is 4. The molecule has 6 nitrogen and oxygen atoms in total. The summed E-state index contributed by atoms with van der Waals surface area (Å²) in [6, 6.07) is 15.9. The number of benzene rings is 2. The second-order valence-corrected chi connectivity index (χ2v) is 8.06. The highest BCUT2D eigenvalue weighted by Gasteiger charge is 2.29. The minimum Gasteiger partial charge on any atom is -0.399 e. The van der Waals surface area contributed by atoms with Crippen molar-refractivity contribution in [2.24, 2.45) is 7.05 Å². The van der Waals surface area contributed by atoms with Crippen LogP contribution in [0.1, 0.15) is 35.8 Å². The standard InChI is InChI=1S/C25H24N4O2/c1-3-7-21(30)23-19-14-29(16-8-5-4-6-9-16)20-11-10-15(26)12-17(20)18-13-28(2)25(31)24(27-23)22(18)19/h4-6,8-13,27H,3,7,14,26H2,1-2H3. The third-order valence-electron chi connectivity index (χ3n) is 5.97. The number of aromatic amines is 1. The van der Waals surface area contributed by atoms with Gasteiger partial charge < -0.3 is 20.2 Å². The van der Waals surface area contributed by atoms with E-state index in [1.807, 2.05) is 61.7 Å². The lowest BCUT2D eigenvalue weighted by Gasteiger charge is -2.26. The van der Waals surface area contributed by atoms with Crippen molar-refractivity contribution in [2.45, 2.75) is 26.3 Å². The van der Waals surface area contributed by atoms with E-state index in [0.29, 0.717) is 29.9 Å². The van der Waals surface area contributed by atoms with Crippen molar-refractivity contribution in [1.29, 1.82) is 0 Å². The van der Waals surface area contributed by atoms with Gasteiger partial charge >= 0.3 is 0 Å². The molecule has 0 unspecified atom stereocenters. The average Bonchev–Trinajstić information content (AvgIpc) is 3.09. The Balaban J connectivity index is 1.90. The van der Waals surface area contributed by atoms with E-state index in [0.717, 1.165) is 39.9 Å². The van der Waals surface area contributed by atoms with E-state index in [4.69, 9.17) is 5.73 Å². The number of nitrogens with one attached hydrogen (secondary N) is 1. The maximum Gasteiger partial charge on any atom is 0.274 e. The summed E-state index contributed by atoms with van der Waals surface area (Å²) in [5, 5.41) is 0.813. The number of nitrogen functional groups attached to an aromatic ring is 1. The van der Waals surface area contributed by atoms with Crippen LogP contribution in [0.2, 0.25) is 0 Å². The summed E-state index contributed by atoms with van der Waals surface area (Å²) in [5.74, 6) is 0.0279. The second-order valence-electron chi connectivity index (χ2n) is 8.06. The van der Waals surface area contributed by atoms with Gasteiger partial charge in [0.2, 0.25) is 0 Å². The molecular formula is C25H24N4O2. The molecular weight excluding hydrogens is 388 g/mol. The normalized spacial score (nSPS) is 12.6. The first-order valence-electron chi connectivity index (χ1n) is 10.5. The lowest BCUT2D eigenvalue weighted by atomic mass is 9.99. The molecule has 2 aromatic carbocycles. The number of nitrogens with two attached hydrogens (primary N) is 1. The number of hydrogen-bond acceptors (Lipinski definition) is 4. The molecule has 0 bridgehead atoms. The molecule has 3 heterocycles. The summed E-state index contributed by atoms with van der Waals surface area (Å²) in [6.07, 6.45) is 3.03. The molecule has 2 aromatic heterocycles. The number of ketones is 1. The molecule has 4 aromatic rings. The van der Waals surface area contributed by atoms with Crippen LogP contribution in [0.15, 0.2) is 59.5 Å². The van der Waals surface area contributed by atoms with Gasteiger partial charge in [-0.1, -0.05) is 25.1 Å². The fourth-order valence-corrected chi connectivity index (χ4v) is 4.53. The van der Waals surface area contributed by atoms with Gasteiger partial charge in [0.05, 0.1) is 12.2 Å². The maximum atomic E-state index is 13.0. The monoisotopic (exact) mass is 412 g/mol. The van der Waals surface area contributed by atoms with Crippen molar-refractivity contribution in [3.8, 4) is 11.1 Å². The van der Waals surface area contributed by atoms with Crippen molar-refractivity contribution < 1.29 is 4.79 Å². The summed E-state index contributed by atoms with van der Waals surface area (Å²) in [5.41, 5.74) is 12.4. The van der Waals surface area contributed by atoms with Crippen molar-refractivity contribution >= 4 is 33.7 Å². The van der Waals surface area contributed by atoms with Gasteiger partial charge in [0.1, 0.15) is 5.52 Å². The Morgan fingerprint density at radius 2 is 1.90 bits per heavy atom. The summed E-state index contributed by atoms with van der Waals surface area (Å²) < 4.78 is 1.57. The summed E-state index contributed by atoms with van der Waals surface area (Å²) in [4.78, 5) is 31.4. The van der Waals surface area contributed by atoms with Crippen LogP contribution in [0.4, 0.5) is 17.1 Å². The van der Waals surface area contributed by atoms with Gasteiger partial charge in [-0.25, -0.2) is 0 Å². The van der Waals surface area contributed by atoms with Gasteiger partial charge in [-0.15, -0.1) is 0 Å². The van der Waals surface area contributed by atoms with Crippen molar-refractivity contribution in [3.05, 3.63) is 76.3 Å². The average molecular weight is 412 g/mol. The number of aryl methyl sites for hydroxylation is 1. The minimum atomic E-state index is -0.144. The Bertz CT molecular complexity index is 1380. The van der Waals surface area contributed by atoms with Gasteiger partial charge in [0.15, 0.2) is 5.78 Å². The Morgan fingerprint density at radius 3 is 2.65 bits per heavy atom. The minimum absolute atomic E-state index is 0.0279. The Morgan fingerprint density at radius 1 is 1.13 bits per heavy atom. The molecule has 0 amide bonds. The zero-order valence-electron chi connectivity index (χ0n) is 17.6. The number of fused-ring (bicyclic) bond motifs is 2. The zero-order chi connectivity index (χ0) is 21.7. The van der Waals surface area contributed by atoms with Crippen molar-refractivity contribution in [3.63, 3.8) is 0 Å². The molecule has 0 saturated carbocycles. The van der Waals surface area contributed by atoms with Crippen LogP contribution in [0.5, 0.6) is 0 Å². The highest BCUT2D eigenvalue weighted by atomic mass is 16.1. The molecule has 0 aliphatic carbocycles. The summed E-state index contributed by atoms with van der Waals surface area (Å²) >= 11 is 0. The van der Waals surface area contributed by atoms with Crippen LogP contribution in [0.25, 0.3) is 22.0 Å². The van der Waals surface area contributed by atoms with Crippen LogP contribution in [-0.4, -0.2) is 15.3 Å². The second kappa shape index (κ2) is 7.16. The Hall–Kier alpha value is -3.80. The number of pyridine rings is 1. The van der Waals surface area contributed by atoms with Gasteiger partial charge in [-0.2, -0.15) is 0 Å². The van der Waals surface area contributed by atoms with E-state index < -0.39 is 0 Å². The van der Waals surface area contributed by atoms with E-state index in [9.17, 15) is 9.59 Å². The van der Waals surface area contributed by atoms with Crippen LogP contribution >= 0.6 is 0 Å². The Labute approximate surface area is 179 Å².